The molecule has 0 aromatic carbocycles. The lowest BCUT2D eigenvalue weighted by atomic mass is 9.49. The largest absolute Gasteiger partial charge is 0.480 e. The van der Waals surface area contributed by atoms with Gasteiger partial charge in [0.1, 0.15) is 0 Å². The van der Waals surface area contributed by atoms with Gasteiger partial charge in [0.2, 0.25) is 0 Å². The van der Waals surface area contributed by atoms with E-state index in [9.17, 15) is 19.8 Å². The predicted octanol–water partition coefficient (Wildman–Crippen LogP) is 4.06. The number of hydrogen-bond donors (Lipinski definition) is 2. The molecular weight excluding hydrogens is 292 g/mol. The zero-order valence-electron chi connectivity index (χ0n) is 15.1. The van der Waals surface area contributed by atoms with E-state index < -0.39 is 34.1 Å². The van der Waals surface area contributed by atoms with Crippen molar-refractivity contribution in [3.63, 3.8) is 0 Å². The summed E-state index contributed by atoms with van der Waals surface area (Å²) in [5, 5.41) is 20.3. The smallest absolute Gasteiger partial charge is 0.321 e. The van der Waals surface area contributed by atoms with Crippen molar-refractivity contribution in [2.75, 3.05) is 0 Å². The monoisotopic (exact) mass is 322 g/mol. The summed E-state index contributed by atoms with van der Waals surface area (Å²) in [6.45, 7) is 11.8. The Bertz CT molecular complexity index is 505. The SMILES string of the molecule is CC(C)(C)C(C(C)(C)C)C(C(=O)O)(C(=O)O)C1CC2C=CC1C2. The van der Waals surface area contributed by atoms with Gasteiger partial charge < -0.3 is 10.2 Å². The van der Waals surface area contributed by atoms with Crippen LogP contribution in [0.5, 0.6) is 0 Å². The molecule has 3 unspecified atom stereocenters. The van der Waals surface area contributed by atoms with Crippen molar-refractivity contribution in [2.24, 2.45) is 39.9 Å². The number of aliphatic carboxylic acids is 2. The molecule has 1 saturated carbocycles. The van der Waals surface area contributed by atoms with E-state index in [1.165, 1.54) is 0 Å². The predicted molar refractivity (Wildman–Crippen MR) is 88.9 cm³/mol. The molecule has 130 valence electrons. The summed E-state index contributed by atoms with van der Waals surface area (Å²) in [4.78, 5) is 24.9. The molecule has 0 heterocycles. The fourth-order valence-corrected chi connectivity index (χ4v) is 5.84. The quantitative estimate of drug-likeness (QED) is 0.604. The maximum atomic E-state index is 12.5. The van der Waals surface area contributed by atoms with Crippen LogP contribution in [0.15, 0.2) is 12.2 Å². The number of fused-ring (bicyclic) bond motifs is 2. The Morgan fingerprint density at radius 3 is 1.65 bits per heavy atom. The standard InChI is InChI=1S/C19H30O4/c1-17(2,3)14(18(4,5)6)19(15(20)21,16(22)23)13-10-11-7-8-12(13)9-11/h7-8,11-14H,9-10H2,1-6H3,(H,20,21)(H,22,23). The number of rotatable bonds is 4. The number of allylic oxidation sites excluding steroid dienone is 2. The van der Waals surface area contributed by atoms with Gasteiger partial charge >= 0.3 is 11.9 Å². The normalized spacial score (nSPS) is 27.7. The Morgan fingerprint density at radius 1 is 0.913 bits per heavy atom. The zero-order chi connectivity index (χ0) is 17.8. The third-order valence-electron chi connectivity index (χ3n) is 5.76. The summed E-state index contributed by atoms with van der Waals surface area (Å²) >= 11 is 0. The summed E-state index contributed by atoms with van der Waals surface area (Å²) in [7, 11) is 0. The second-order valence-corrected chi connectivity index (χ2v) is 9.53. The van der Waals surface area contributed by atoms with Crippen LogP contribution in [-0.2, 0) is 9.59 Å². The molecule has 0 amide bonds. The summed E-state index contributed by atoms with van der Waals surface area (Å²) in [5.41, 5.74) is -2.61. The van der Waals surface area contributed by atoms with Crippen LogP contribution in [0.25, 0.3) is 0 Å². The van der Waals surface area contributed by atoms with E-state index in [1.807, 2.05) is 47.6 Å². The number of carbonyl (C=O) groups is 2. The lowest BCUT2D eigenvalue weighted by molar-refractivity contribution is -0.188. The average molecular weight is 322 g/mol. The van der Waals surface area contributed by atoms with Gasteiger partial charge in [-0.3, -0.25) is 9.59 Å². The van der Waals surface area contributed by atoms with Crippen molar-refractivity contribution in [3.05, 3.63) is 12.2 Å². The van der Waals surface area contributed by atoms with Gasteiger partial charge in [0.25, 0.3) is 0 Å². The Morgan fingerprint density at radius 2 is 1.39 bits per heavy atom. The number of carboxylic acids is 2. The molecule has 23 heavy (non-hydrogen) atoms. The molecular formula is C19H30O4. The minimum atomic E-state index is -1.75. The lowest BCUT2D eigenvalue weighted by Crippen LogP contribution is -2.59. The molecule has 1 fully saturated rings. The fourth-order valence-electron chi connectivity index (χ4n) is 5.84. The lowest BCUT2D eigenvalue weighted by Gasteiger charge is -2.52. The van der Waals surface area contributed by atoms with E-state index in [4.69, 9.17) is 0 Å². The van der Waals surface area contributed by atoms with Gasteiger partial charge in [-0.15, -0.1) is 0 Å². The van der Waals surface area contributed by atoms with Crippen molar-refractivity contribution in [2.45, 2.75) is 54.4 Å². The molecule has 2 rings (SSSR count). The second-order valence-electron chi connectivity index (χ2n) is 9.53. The van der Waals surface area contributed by atoms with Crippen LogP contribution in [0.3, 0.4) is 0 Å². The molecule has 0 radical (unpaired) electrons. The van der Waals surface area contributed by atoms with Crippen molar-refractivity contribution >= 4 is 11.9 Å². The minimum Gasteiger partial charge on any atom is -0.480 e. The van der Waals surface area contributed by atoms with Gasteiger partial charge in [0.05, 0.1) is 0 Å². The summed E-state index contributed by atoms with van der Waals surface area (Å²) in [5.74, 6) is -2.76. The van der Waals surface area contributed by atoms with Crippen LogP contribution >= 0.6 is 0 Å². The van der Waals surface area contributed by atoms with E-state index in [1.54, 1.807) is 0 Å². The fraction of sp³-hybridized carbons (Fsp3) is 0.789. The molecule has 0 spiro atoms. The maximum absolute atomic E-state index is 12.5. The first-order valence-corrected chi connectivity index (χ1v) is 8.48. The highest BCUT2D eigenvalue weighted by Gasteiger charge is 2.66. The first-order chi connectivity index (χ1) is 10.3. The van der Waals surface area contributed by atoms with Crippen molar-refractivity contribution in [1.82, 2.24) is 0 Å². The van der Waals surface area contributed by atoms with Crippen molar-refractivity contribution in [1.29, 1.82) is 0 Å². The van der Waals surface area contributed by atoms with Crippen molar-refractivity contribution in [3.8, 4) is 0 Å². The molecule has 0 saturated heterocycles. The molecule has 0 aromatic heterocycles. The van der Waals surface area contributed by atoms with Crippen LogP contribution in [0, 0.1) is 39.9 Å². The summed E-state index contributed by atoms with van der Waals surface area (Å²) < 4.78 is 0. The Hall–Kier alpha value is -1.32. The molecule has 4 nitrogen and oxygen atoms in total. The Balaban J connectivity index is 2.68. The minimum absolute atomic E-state index is 0.0689. The summed E-state index contributed by atoms with van der Waals surface area (Å²) in [6, 6.07) is 0. The van der Waals surface area contributed by atoms with Crippen LogP contribution < -0.4 is 0 Å². The van der Waals surface area contributed by atoms with Gasteiger partial charge in [-0.1, -0.05) is 53.7 Å². The van der Waals surface area contributed by atoms with Gasteiger partial charge in [0.15, 0.2) is 5.41 Å². The van der Waals surface area contributed by atoms with E-state index in [2.05, 4.69) is 6.08 Å². The highest BCUT2D eigenvalue weighted by Crippen LogP contribution is 2.61. The molecule has 4 heteroatoms. The van der Waals surface area contributed by atoms with Crippen LogP contribution in [0.1, 0.15) is 54.4 Å². The number of hydrogen-bond acceptors (Lipinski definition) is 2. The molecule has 3 atom stereocenters. The molecule has 2 aliphatic carbocycles. The van der Waals surface area contributed by atoms with Crippen LogP contribution in [-0.4, -0.2) is 22.2 Å². The van der Waals surface area contributed by atoms with E-state index >= 15 is 0 Å². The second kappa shape index (κ2) is 5.35. The average Bonchev–Trinajstić information content (AvgIpc) is 2.93. The number of carboxylic acid groups (broad SMARTS) is 2. The van der Waals surface area contributed by atoms with Crippen LogP contribution in [0.4, 0.5) is 0 Å². The third-order valence-corrected chi connectivity index (χ3v) is 5.76. The van der Waals surface area contributed by atoms with Gasteiger partial charge in [0, 0.05) is 0 Å². The van der Waals surface area contributed by atoms with E-state index in [0.717, 1.165) is 6.42 Å². The highest BCUT2D eigenvalue weighted by molar-refractivity contribution is 5.99. The van der Waals surface area contributed by atoms with Gasteiger partial charge in [-0.05, 0) is 47.3 Å². The Labute approximate surface area is 139 Å². The van der Waals surface area contributed by atoms with Gasteiger partial charge in [-0.2, -0.15) is 0 Å². The molecule has 0 aromatic rings. The first kappa shape index (κ1) is 18.0. The third kappa shape index (κ3) is 2.70. The highest BCUT2D eigenvalue weighted by atomic mass is 16.4. The first-order valence-electron chi connectivity index (χ1n) is 8.48. The molecule has 2 aliphatic rings. The Kier molecular flexibility index (Phi) is 4.20. The van der Waals surface area contributed by atoms with E-state index in [-0.39, 0.29) is 11.8 Å². The van der Waals surface area contributed by atoms with Crippen LogP contribution in [0.2, 0.25) is 0 Å². The molecule has 2 bridgehead atoms. The van der Waals surface area contributed by atoms with E-state index in [0.29, 0.717) is 12.3 Å². The maximum Gasteiger partial charge on any atom is 0.321 e. The molecule has 0 aliphatic heterocycles. The van der Waals surface area contributed by atoms with Crippen molar-refractivity contribution < 1.29 is 19.8 Å². The van der Waals surface area contributed by atoms with Gasteiger partial charge in [-0.25, -0.2) is 0 Å². The zero-order valence-corrected chi connectivity index (χ0v) is 15.1. The summed E-state index contributed by atoms with van der Waals surface area (Å²) in [6.07, 6.45) is 5.73. The topological polar surface area (TPSA) is 74.6 Å². The molecule has 2 N–H and O–H groups in total.